The highest BCUT2D eigenvalue weighted by molar-refractivity contribution is 5.93. The van der Waals surface area contributed by atoms with Gasteiger partial charge in [0.25, 0.3) is 5.91 Å². The second kappa shape index (κ2) is 7.41. The molecule has 0 radical (unpaired) electrons. The number of para-hydroxylation sites is 1. The van der Waals surface area contributed by atoms with Crippen LogP contribution >= 0.6 is 0 Å². The maximum Gasteiger partial charge on any atom is 0.274 e. The number of hydrogen-bond acceptors (Lipinski definition) is 5. The third-order valence-electron chi connectivity index (χ3n) is 3.45. The lowest BCUT2D eigenvalue weighted by Crippen LogP contribution is -2.23. The van der Waals surface area contributed by atoms with Crippen molar-refractivity contribution in [3.05, 3.63) is 60.0 Å². The minimum absolute atomic E-state index is 0.182. The zero-order chi connectivity index (χ0) is 17.6. The fraction of sp³-hybridized carbons (Fsp3) is 0.158. The quantitative estimate of drug-likeness (QED) is 0.742. The number of anilines is 1. The number of nitrogens with zero attached hydrogens (tertiary/aromatic N) is 2. The van der Waals surface area contributed by atoms with Crippen LogP contribution in [0.1, 0.15) is 16.1 Å². The average Bonchev–Trinajstić information content (AvgIpc) is 3.29. The maximum atomic E-state index is 12.1. The Balaban J connectivity index is 1.61. The number of aromatic nitrogens is 1. The summed E-state index contributed by atoms with van der Waals surface area (Å²) in [5.41, 5.74) is 2.12. The zero-order valence-corrected chi connectivity index (χ0v) is 13.9. The van der Waals surface area contributed by atoms with Gasteiger partial charge in [0.1, 0.15) is 0 Å². The molecule has 3 rings (SSSR count). The summed E-state index contributed by atoms with van der Waals surface area (Å²) >= 11 is 0. The molecule has 6 nitrogen and oxygen atoms in total. The van der Waals surface area contributed by atoms with Gasteiger partial charge >= 0.3 is 0 Å². The molecule has 0 saturated carbocycles. The van der Waals surface area contributed by atoms with Gasteiger partial charge in [-0.05, 0) is 24.3 Å². The maximum absolute atomic E-state index is 12.1. The molecule has 3 aromatic rings. The molecular formula is C19H17N3O3. The van der Waals surface area contributed by atoms with E-state index in [0.29, 0.717) is 11.5 Å². The summed E-state index contributed by atoms with van der Waals surface area (Å²) in [6, 6.07) is 12.8. The second-order valence-corrected chi connectivity index (χ2v) is 5.45. The van der Waals surface area contributed by atoms with Crippen LogP contribution in [0, 0.1) is 11.8 Å². The molecule has 2 heterocycles. The highest BCUT2D eigenvalue weighted by Gasteiger charge is 2.14. The minimum Gasteiger partial charge on any atom is -0.461 e. The monoisotopic (exact) mass is 335 g/mol. The number of carbonyl (C=O) groups is 1. The third-order valence-corrected chi connectivity index (χ3v) is 3.45. The van der Waals surface area contributed by atoms with Crippen molar-refractivity contribution in [2.45, 2.75) is 0 Å². The van der Waals surface area contributed by atoms with E-state index in [1.165, 1.54) is 12.3 Å². The third kappa shape index (κ3) is 3.90. The van der Waals surface area contributed by atoms with Crippen LogP contribution in [0.5, 0.6) is 0 Å². The molecule has 25 heavy (non-hydrogen) atoms. The highest BCUT2D eigenvalue weighted by Crippen LogP contribution is 2.20. The standard InChI is InChI=1S/C19H17N3O3/c1-22(2)16-9-4-3-7-14(16)8-5-11-20-19(23)15-13-18(25-21-15)17-10-6-12-24-17/h3-4,6-7,9-10,12-13H,11H2,1-2H3,(H,20,23). The molecule has 0 fully saturated rings. The molecule has 0 spiro atoms. The first kappa shape index (κ1) is 16.4. The Kier molecular flexibility index (Phi) is 4.86. The lowest BCUT2D eigenvalue weighted by atomic mass is 10.1. The van der Waals surface area contributed by atoms with E-state index in [9.17, 15) is 4.79 Å². The van der Waals surface area contributed by atoms with E-state index in [4.69, 9.17) is 8.94 Å². The summed E-state index contributed by atoms with van der Waals surface area (Å²) in [6.45, 7) is 0.212. The van der Waals surface area contributed by atoms with Crippen LogP contribution in [0.4, 0.5) is 5.69 Å². The van der Waals surface area contributed by atoms with Crippen LogP contribution in [0.2, 0.25) is 0 Å². The van der Waals surface area contributed by atoms with Gasteiger partial charge in [0.15, 0.2) is 11.5 Å². The first-order valence-electron chi connectivity index (χ1n) is 7.69. The van der Waals surface area contributed by atoms with E-state index in [2.05, 4.69) is 22.3 Å². The molecular weight excluding hydrogens is 318 g/mol. The summed E-state index contributed by atoms with van der Waals surface area (Å²) in [6.07, 6.45) is 1.53. The van der Waals surface area contributed by atoms with E-state index in [1.54, 1.807) is 12.1 Å². The Morgan fingerprint density at radius 3 is 2.80 bits per heavy atom. The summed E-state index contributed by atoms with van der Waals surface area (Å²) < 4.78 is 10.3. The van der Waals surface area contributed by atoms with E-state index in [1.807, 2.05) is 43.3 Å². The second-order valence-electron chi connectivity index (χ2n) is 5.45. The average molecular weight is 335 g/mol. The molecule has 0 bridgehead atoms. The van der Waals surface area contributed by atoms with Crippen LogP contribution < -0.4 is 10.2 Å². The summed E-state index contributed by atoms with van der Waals surface area (Å²) in [4.78, 5) is 14.1. The van der Waals surface area contributed by atoms with E-state index < -0.39 is 0 Å². The molecule has 1 amide bonds. The van der Waals surface area contributed by atoms with Gasteiger partial charge in [0.05, 0.1) is 18.5 Å². The number of rotatable bonds is 4. The Morgan fingerprint density at radius 2 is 2.04 bits per heavy atom. The first-order chi connectivity index (χ1) is 12.1. The molecule has 0 unspecified atom stereocenters. The van der Waals surface area contributed by atoms with E-state index in [-0.39, 0.29) is 18.1 Å². The fourth-order valence-corrected chi connectivity index (χ4v) is 2.24. The molecule has 1 aromatic carbocycles. The molecule has 6 heteroatoms. The van der Waals surface area contributed by atoms with Gasteiger partial charge in [-0.15, -0.1) is 0 Å². The molecule has 1 N–H and O–H groups in total. The number of nitrogens with one attached hydrogen (secondary N) is 1. The van der Waals surface area contributed by atoms with Gasteiger partial charge in [0, 0.05) is 25.7 Å². The largest absolute Gasteiger partial charge is 0.461 e. The van der Waals surface area contributed by atoms with Crippen molar-refractivity contribution in [3.63, 3.8) is 0 Å². The van der Waals surface area contributed by atoms with Crippen LogP contribution in [-0.4, -0.2) is 31.7 Å². The molecule has 0 atom stereocenters. The summed E-state index contributed by atoms with van der Waals surface area (Å²) in [5.74, 6) is 6.58. The summed E-state index contributed by atoms with van der Waals surface area (Å²) in [5, 5.41) is 6.44. The van der Waals surface area contributed by atoms with Crippen molar-refractivity contribution < 1.29 is 13.7 Å². The van der Waals surface area contributed by atoms with Crippen molar-refractivity contribution in [1.29, 1.82) is 0 Å². The van der Waals surface area contributed by atoms with Crippen molar-refractivity contribution in [1.82, 2.24) is 10.5 Å². The van der Waals surface area contributed by atoms with Gasteiger partial charge in [0.2, 0.25) is 5.76 Å². The number of amides is 1. The Labute approximate surface area is 145 Å². The fourth-order valence-electron chi connectivity index (χ4n) is 2.24. The SMILES string of the molecule is CN(C)c1ccccc1C#CCNC(=O)c1cc(-c2ccco2)on1. The zero-order valence-electron chi connectivity index (χ0n) is 13.9. The first-order valence-corrected chi connectivity index (χ1v) is 7.69. The van der Waals surface area contributed by atoms with Gasteiger partial charge in [-0.3, -0.25) is 4.79 Å². The van der Waals surface area contributed by atoms with Crippen LogP contribution in [0.25, 0.3) is 11.5 Å². The molecule has 0 saturated heterocycles. The molecule has 0 aliphatic rings. The van der Waals surface area contributed by atoms with Gasteiger partial charge in [-0.2, -0.15) is 0 Å². The van der Waals surface area contributed by atoms with Crippen molar-refractivity contribution in [2.24, 2.45) is 0 Å². The molecule has 0 aliphatic heterocycles. The smallest absolute Gasteiger partial charge is 0.274 e. The van der Waals surface area contributed by atoms with E-state index in [0.717, 1.165) is 11.3 Å². The van der Waals surface area contributed by atoms with Gasteiger partial charge in [-0.1, -0.05) is 29.1 Å². The van der Waals surface area contributed by atoms with Crippen molar-refractivity contribution in [2.75, 3.05) is 25.5 Å². The Morgan fingerprint density at radius 1 is 1.20 bits per heavy atom. The van der Waals surface area contributed by atoms with E-state index >= 15 is 0 Å². The van der Waals surface area contributed by atoms with Crippen LogP contribution in [0.3, 0.4) is 0 Å². The van der Waals surface area contributed by atoms with Crippen molar-refractivity contribution in [3.8, 4) is 23.4 Å². The number of carbonyl (C=O) groups excluding carboxylic acids is 1. The van der Waals surface area contributed by atoms with Gasteiger partial charge < -0.3 is 19.2 Å². The number of benzene rings is 1. The summed E-state index contributed by atoms with van der Waals surface area (Å²) in [7, 11) is 3.92. The predicted octanol–water partition coefficient (Wildman–Crippen LogP) is 2.78. The normalized spacial score (nSPS) is 10.0. The Bertz CT molecular complexity index is 915. The molecule has 126 valence electrons. The van der Waals surface area contributed by atoms with Crippen molar-refractivity contribution >= 4 is 11.6 Å². The lowest BCUT2D eigenvalue weighted by Gasteiger charge is -2.13. The van der Waals surface area contributed by atoms with Crippen LogP contribution in [0.15, 0.2) is 57.7 Å². The van der Waals surface area contributed by atoms with Crippen LogP contribution in [-0.2, 0) is 0 Å². The molecule has 0 aliphatic carbocycles. The lowest BCUT2D eigenvalue weighted by molar-refractivity contribution is 0.0949. The predicted molar refractivity (Wildman–Crippen MR) is 94.2 cm³/mol. The number of furan rings is 1. The minimum atomic E-state index is -0.350. The topological polar surface area (TPSA) is 71.5 Å². The molecule has 2 aromatic heterocycles. The number of hydrogen-bond donors (Lipinski definition) is 1. The highest BCUT2D eigenvalue weighted by atomic mass is 16.5. The Hall–Kier alpha value is -3.46. The van der Waals surface area contributed by atoms with Gasteiger partial charge in [-0.25, -0.2) is 0 Å².